The highest BCUT2D eigenvalue weighted by atomic mass is 15.2. The number of guanidine groups is 1. The molecule has 1 aliphatic heterocycles. The number of nitrogens with zero attached hydrogens (tertiary/aromatic N) is 2. The van der Waals surface area contributed by atoms with Crippen molar-refractivity contribution in [1.82, 2.24) is 15.5 Å². The molecule has 0 radical (unpaired) electrons. The lowest BCUT2D eigenvalue weighted by Gasteiger charge is -2.31. The summed E-state index contributed by atoms with van der Waals surface area (Å²) in [5.74, 6) is 1.76. The summed E-state index contributed by atoms with van der Waals surface area (Å²) in [6.07, 6.45) is 3.91. The first-order chi connectivity index (χ1) is 11.6. The molecule has 0 bridgehead atoms. The van der Waals surface area contributed by atoms with Gasteiger partial charge >= 0.3 is 0 Å². The fourth-order valence-corrected chi connectivity index (χ4v) is 3.43. The predicted molar refractivity (Wildman–Crippen MR) is 104 cm³/mol. The summed E-state index contributed by atoms with van der Waals surface area (Å²) in [6, 6.07) is 6.60. The van der Waals surface area contributed by atoms with Crippen LogP contribution in [-0.2, 0) is 6.54 Å². The van der Waals surface area contributed by atoms with E-state index in [1.807, 2.05) is 7.05 Å². The Morgan fingerprint density at radius 3 is 2.58 bits per heavy atom. The SMILES string of the molecule is CCN1CCC(CCNC(=NC)NCc2ccc(C)cc2C)CC1. The third-order valence-electron chi connectivity index (χ3n) is 5.17. The molecule has 2 rings (SSSR count). The van der Waals surface area contributed by atoms with E-state index in [4.69, 9.17) is 0 Å². The smallest absolute Gasteiger partial charge is 0.191 e. The van der Waals surface area contributed by atoms with Crippen molar-refractivity contribution in [3.63, 3.8) is 0 Å². The highest BCUT2D eigenvalue weighted by Crippen LogP contribution is 2.19. The number of hydrogen-bond acceptors (Lipinski definition) is 2. The first-order valence-electron chi connectivity index (χ1n) is 9.35. The van der Waals surface area contributed by atoms with E-state index in [-0.39, 0.29) is 0 Å². The van der Waals surface area contributed by atoms with Crippen molar-refractivity contribution >= 4 is 5.96 Å². The summed E-state index contributed by atoms with van der Waals surface area (Å²) in [5.41, 5.74) is 3.98. The van der Waals surface area contributed by atoms with Gasteiger partial charge in [0.2, 0.25) is 0 Å². The second-order valence-electron chi connectivity index (χ2n) is 6.95. The van der Waals surface area contributed by atoms with Gasteiger partial charge in [0, 0.05) is 20.1 Å². The minimum atomic E-state index is 0.820. The van der Waals surface area contributed by atoms with Crippen molar-refractivity contribution in [2.75, 3.05) is 33.2 Å². The van der Waals surface area contributed by atoms with Crippen molar-refractivity contribution in [3.8, 4) is 0 Å². The molecule has 0 unspecified atom stereocenters. The molecule has 1 heterocycles. The van der Waals surface area contributed by atoms with Gasteiger partial charge in [-0.25, -0.2) is 0 Å². The zero-order chi connectivity index (χ0) is 17.4. The predicted octanol–water partition coefficient (Wildman–Crippen LogP) is 3.09. The Morgan fingerprint density at radius 1 is 1.21 bits per heavy atom. The van der Waals surface area contributed by atoms with Crippen LogP contribution in [0.25, 0.3) is 0 Å². The van der Waals surface area contributed by atoms with Crippen molar-refractivity contribution in [2.45, 2.75) is 46.6 Å². The molecule has 4 heteroatoms. The van der Waals surface area contributed by atoms with E-state index in [2.05, 4.69) is 59.5 Å². The molecule has 0 aliphatic carbocycles. The van der Waals surface area contributed by atoms with E-state index in [0.717, 1.165) is 25.0 Å². The molecule has 0 atom stereocenters. The molecular formula is C20H34N4. The number of rotatable bonds is 6. The monoisotopic (exact) mass is 330 g/mol. The van der Waals surface area contributed by atoms with E-state index in [0.29, 0.717) is 0 Å². The van der Waals surface area contributed by atoms with Crippen LogP contribution in [0.2, 0.25) is 0 Å². The van der Waals surface area contributed by atoms with Crippen LogP contribution in [0.5, 0.6) is 0 Å². The largest absolute Gasteiger partial charge is 0.356 e. The summed E-state index contributed by atoms with van der Waals surface area (Å²) in [7, 11) is 1.84. The van der Waals surface area contributed by atoms with Gasteiger partial charge in [-0.3, -0.25) is 4.99 Å². The number of benzene rings is 1. The first-order valence-corrected chi connectivity index (χ1v) is 9.35. The molecular weight excluding hydrogens is 296 g/mol. The summed E-state index contributed by atoms with van der Waals surface area (Å²) in [4.78, 5) is 6.89. The Bertz CT molecular complexity index is 530. The topological polar surface area (TPSA) is 39.7 Å². The quantitative estimate of drug-likeness (QED) is 0.622. The summed E-state index contributed by atoms with van der Waals surface area (Å²) in [5, 5.41) is 6.90. The van der Waals surface area contributed by atoms with Crippen LogP contribution in [0.15, 0.2) is 23.2 Å². The Balaban J connectivity index is 1.69. The van der Waals surface area contributed by atoms with Gasteiger partial charge in [-0.15, -0.1) is 0 Å². The third kappa shape index (κ3) is 5.82. The maximum absolute atomic E-state index is 4.34. The minimum Gasteiger partial charge on any atom is -0.356 e. The van der Waals surface area contributed by atoms with Crippen LogP contribution < -0.4 is 10.6 Å². The number of hydrogen-bond donors (Lipinski definition) is 2. The second-order valence-corrected chi connectivity index (χ2v) is 6.95. The number of aliphatic imine (C=N–C) groups is 1. The minimum absolute atomic E-state index is 0.820. The number of aryl methyl sites for hydroxylation is 2. The van der Waals surface area contributed by atoms with E-state index in [1.165, 1.54) is 55.6 Å². The molecule has 134 valence electrons. The van der Waals surface area contributed by atoms with Crippen LogP contribution in [0.1, 0.15) is 42.9 Å². The molecule has 0 amide bonds. The Hall–Kier alpha value is -1.55. The zero-order valence-electron chi connectivity index (χ0n) is 15.9. The number of nitrogens with one attached hydrogen (secondary N) is 2. The maximum Gasteiger partial charge on any atom is 0.191 e. The lowest BCUT2D eigenvalue weighted by Crippen LogP contribution is -2.39. The lowest BCUT2D eigenvalue weighted by molar-refractivity contribution is 0.187. The van der Waals surface area contributed by atoms with Gasteiger partial charge in [0.15, 0.2) is 5.96 Å². The van der Waals surface area contributed by atoms with Gasteiger partial charge < -0.3 is 15.5 Å². The third-order valence-corrected chi connectivity index (χ3v) is 5.17. The molecule has 1 fully saturated rings. The zero-order valence-corrected chi connectivity index (χ0v) is 15.9. The Morgan fingerprint density at radius 2 is 1.96 bits per heavy atom. The molecule has 0 aromatic heterocycles. The highest BCUT2D eigenvalue weighted by Gasteiger charge is 2.17. The van der Waals surface area contributed by atoms with Gasteiger partial charge in [-0.2, -0.15) is 0 Å². The number of piperidine rings is 1. The van der Waals surface area contributed by atoms with Gasteiger partial charge in [0.25, 0.3) is 0 Å². The summed E-state index contributed by atoms with van der Waals surface area (Å²) < 4.78 is 0. The van der Waals surface area contributed by atoms with Gasteiger partial charge in [0.1, 0.15) is 0 Å². The van der Waals surface area contributed by atoms with E-state index in [9.17, 15) is 0 Å². The highest BCUT2D eigenvalue weighted by molar-refractivity contribution is 5.79. The van der Waals surface area contributed by atoms with E-state index < -0.39 is 0 Å². The van der Waals surface area contributed by atoms with Crippen molar-refractivity contribution in [1.29, 1.82) is 0 Å². The molecule has 1 aromatic rings. The van der Waals surface area contributed by atoms with E-state index >= 15 is 0 Å². The normalized spacial score (nSPS) is 17.1. The van der Waals surface area contributed by atoms with Crippen molar-refractivity contribution < 1.29 is 0 Å². The standard InChI is InChI=1S/C20H34N4/c1-5-24-12-9-18(10-13-24)8-11-22-20(21-4)23-15-19-7-6-16(2)14-17(19)3/h6-7,14,18H,5,8-13,15H2,1-4H3,(H2,21,22,23). The van der Waals surface area contributed by atoms with Crippen LogP contribution in [-0.4, -0.2) is 44.1 Å². The lowest BCUT2D eigenvalue weighted by atomic mass is 9.93. The summed E-state index contributed by atoms with van der Waals surface area (Å²) >= 11 is 0. The van der Waals surface area contributed by atoms with Crippen molar-refractivity contribution in [2.24, 2.45) is 10.9 Å². The Labute approximate surface area is 147 Å². The molecule has 0 spiro atoms. The van der Waals surface area contributed by atoms with Gasteiger partial charge in [-0.05, 0) is 69.8 Å². The molecule has 1 saturated heterocycles. The molecule has 24 heavy (non-hydrogen) atoms. The fourth-order valence-electron chi connectivity index (χ4n) is 3.43. The fraction of sp³-hybridized carbons (Fsp3) is 0.650. The van der Waals surface area contributed by atoms with Crippen LogP contribution in [0, 0.1) is 19.8 Å². The molecule has 1 aliphatic rings. The Kier molecular flexibility index (Phi) is 7.57. The average Bonchev–Trinajstić information content (AvgIpc) is 2.59. The van der Waals surface area contributed by atoms with Crippen LogP contribution in [0.4, 0.5) is 0 Å². The molecule has 0 saturated carbocycles. The maximum atomic E-state index is 4.34. The first kappa shape index (κ1) is 18.8. The second kappa shape index (κ2) is 9.67. The number of likely N-dealkylation sites (tertiary alicyclic amines) is 1. The van der Waals surface area contributed by atoms with Crippen molar-refractivity contribution in [3.05, 3.63) is 34.9 Å². The molecule has 2 N–H and O–H groups in total. The average molecular weight is 331 g/mol. The van der Waals surface area contributed by atoms with Crippen LogP contribution >= 0.6 is 0 Å². The van der Waals surface area contributed by atoms with Gasteiger partial charge in [0.05, 0.1) is 0 Å². The van der Waals surface area contributed by atoms with E-state index in [1.54, 1.807) is 0 Å². The van der Waals surface area contributed by atoms with Crippen LogP contribution in [0.3, 0.4) is 0 Å². The molecule has 1 aromatic carbocycles. The van der Waals surface area contributed by atoms with Gasteiger partial charge in [-0.1, -0.05) is 30.7 Å². The summed E-state index contributed by atoms with van der Waals surface area (Å²) in [6.45, 7) is 12.1. The molecule has 4 nitrogen and oxygen atoms in total.